The second-order valence-corrected chi connectivity index (χ2v) is 11.8. The number of carbonyl (C=O) groups excluding carboxylic acids is 2. The van der Waals surface area contributed by atoms with Crippen molar-refractivity contribution in [1.29, 1.82) is 0 Å². The highest BCUT2D eigenvalue weighted by Crippen LogP contribution is 2.53. The minimum Gasteiger partial charge on any atom is -0.497 e. The van der Waals surface area contributed by atoms with E-state index in [0.29, 0.717) is 13.1 Å². The first-order valence-corrected chi connectivity index (χ1v) is 13.9. The number of hydrogen-bond acceptors (Lipinski definition) is 6. The van der Waals surface area contributed by atoms with Crippen molar-refractivity contribution in [2.24, 2.45) is 17.8 Å². The van der Waals surface area contributed by atoms with Crippen LogP contribution in [0.15, 0.2) is 48.5 Å². The molecule has 0 aromatic heterocycles. The van der Waals surface area contributed by atoms with Crippen LogP contribution in [-0.4, -0.2) is 54.8 Å². The molecule has 2 amide bonds. The van der Waals surface area contributed by atoms with Crippen LogP contribution in [0.5, 0.6) is 11.5 Å². The predicted octanol–water partition coefficient (Wildman–Crippen LogP) is 5.11. The fourth-order valence-electron chi connectivity index (χ4n) is 6.21. The second-order valence-electron chi connectivity index (χ2n) is 11.8. The molecule has 2 aromatic rings. The van der Waals surface area contributed by atoms with Gasteiger partial charge in [0, 0.05) is 36.6 Å². The Bertz CT molecular complexity index is 1180. The first-order valence-electron chi connectivity index (χ1n) is 13.9. The summed E-state index contributed by atoms with van der Waals surface area (Å²) in [6.45, 7) is 9.46. The van der Waals surface area contributed by atoms with Gasteiger partial charge in [-0.05, 0) is 50.3 Å². The number of benzene rings is 2. The topological polar surface area (TPSA) is 86.3 Å². The monoisotopic (exact) mass is 536 g/mol. The average molecular weight is 537 g/mol. The Morgan fingerprint density at radius 1 is 1.15 bits per heavy atom. The second kappa shape index (κ2) is 11.1. The van der Waals surface area contributed by atoms with Gasteiger partial charge in [-0.25, -0.2) is 4.79 Å². The Morgan fingerprint density at radius 2 is 1.92 bits per heavy atom. The molecule has 210 valence electrons. The van der Waals surface area contributed by atoms with E-state index in [1.807, 2.05) is 61.2 Å². The lowest BCUT2D eigenvalue weighted by Crippen LogP contribution is -2.58. The summed E-state index contributed by atoms with van der Waals surface area (Å²) in [7, 11) is 1.66. The summed E-state index contributed by atoms with van der Waals surface area (Å²) in [5.74, 6) is 1.79. The summed E-state index contributed by atoms with van der Waals surface area (Å²) >= 11 is 0. The number of piperidine rings is 1. The van der Waals surface area contributed by atoms with Gasteiger partial charge in [0.25, 0.3) is 0 Å². The third-order valence-electron chi connectivity index (χ3n) is 8.43. The smallest absolute Gasteiger partial charge is 0.408 e. The quantitative estimate of drug-likeness (QED) is 0.552. The van der Waals surface area contributed by atoms with Gasteiger partial charge in [0.2, 0.25) is 5.91 Å². The molecule has 3 heterocycles. The Balaban J connectivity index is 1.24. The molecule has 0 spiro atoms. The molecule has 0 saturated carbocycles. The van der Waals surface area contributed by atoms with E-state index in [4.69, 9.17) is 18.9 Å². The Kier molecular flexibility index (Phi) is 7.76. The van der Waals surface area contributed by atoms with Crippen LogP contribution < -0.4 is 14.8 Å². The molecule has 3 aliphatic heterocycles. The van der Waals surface area contributed by atoms with Crippen LogP contribution in [0.3, 0.4) is 0 Å². The zero-order valence-electron chi connectivity index (χ0n) is 23.5. The maximum atomic E-state index is 13.6. The number of nitrogens with one attached hydrogen (secondary N) is 1. The molecule has 3 aliphatic rings. The molecule has 5 rings (SSSR count). The maximum absolute atomic E-state index is 13.6. The van der Waals surface area contributed by atoms with Crippen molar-refractivity contribution in [3.8, 4) is 11.5 Å². The van der Waals surface area contributed by atoms with Crippen LogP contribution in [0.2, 0.25) is 0 Å². The molecular weight excluding hydrogens is 496 g/mol. The normalized spacial score (nSPS) is 25.8. The molecule has 2 fully saturated rings. The molecule has 0 aliphatic carbocycles. The number of alkyl carbamates (subject to hydrolysis) is 1. The first-order chi connectivity index (χ1) is 18.7. The molecule has 0 unspecified atom stereocenters. The lowest BCUT2D eigenvalue weighted by atomic mass is 9.70. The molecular formula is C31H40N2O6. The molecule has 39 heavy (non-hydrogen) atoms. The van der Waals surface area contributed by atoms with E-state index in [1.54, 1.807) is 7.11 Å². The number of amides is 2. The fourth-order valence-corrected chi connectivity index (χ4v) is 6.21. The summed E-state index contributed by atoms with van der Waals surface area (Å²) in [4.78, 5) is 28.1. The largest absolute Gasteiger partial charge is 0.497 e. The van der Waals surface area contributed by atoms with E-state index in [1.165, 1.54) is 0 Å². The maximum Gasteiger partial charge on any atom is 0.408 e. The van der Waals surface area contributed by atoms with Crippen LogP contribution in [-0.2, 0) is 20.9 Å². The van der Waals surface area contributed by atoms with E-state index in [9.17, 15) is 9.59 Å². The highest BCUT2D eigenvalue weighted by molar-refractivity contribution is 5.86. The number of hydrogen-bond donors (Lipinski definition) is 1. The van der Waals surface area contributed by atoms with E-state index in [0.717, 1.165) is 35.5 Å². The molecule has 0 radical (unpaired) electrons. The summed E-state index contributed by atoms with van der Waals surface area (Å²) in [5.41, 5.74) is 1.54. The van der Waals surface area contributed by atoms with Crippen LogP contribution in [0.1, 0.15) is 57.8 Å². The van der Waals surface area contributed by atoms with Gasteiger partial charge in [0.05, 0.1) is 19.3 Å². The first kappa shape index (κ1) is 27.3. The van der Waals surface area contributed by atoms with E-state index in [2.05, 4.69) is 25.2 Å². The lowest BCUT2D eigenvalue weighted by molar-refractivity contribution is -0.189. The van der Waals surface area contributed by atoms with E-state index in [-0.39, 0.29) is 42.5 Å². The number of likely N-dealkylation sites (tertiary alicyclic amines) is 1. The van der Waals surface area contributed by atoms with E-state index < -0.39 is 17.7 Å². The molecule has 8 nitrogen and oxygen atoms in total. The van der Waals surface area contributed by atoms with Gasteiger partial charge in [0.15, 0.2) is 0 Å². The fraction of sp³-hybridized carbons (Fsp3) is 0.548. The minimum absolute atomic E-state index is 0.0531. The van der Waals surface area contributed by atoms with Crippen molar-refractivity contribution in [1.82, 2.24) is 10.2 Å². The average Bonchev–Trinajstić information content (AvgIpc) is 2.93. The van der Waals surface area contributed by atoms with Crippen molar-refractivity contribution in [2.75, 3.05) is 20.2 Å². The summed E-state index contributed by atoms with van der Waals surface area (Å²) < 4.78 is 24.0. The molecule has 5 atom stereocenters. The lowest BCUT2D eigenvalue weighted by Gasteiger charge is -2.53. The third-order valence-corrected chi connectivity index (χ3v) is 8.43. The minimum atomic E-state index is -0.654. The highest BCUT2D eigenvalue weighted by Gasteiger charge is 2.52. The van der Waals surface area contributed by atoms with Gasteiger partial charge >= 0.3 is 6.09 Å². The van der Waals surface area contributed by atoms with Gasteiger partial charge in [-0.3, -0.25) is 4.79 Å². The number of carbonyl (C=O) groups is 2. The van der Waals surface area contributed by atoms with Crippen LogP contribution >= 0.6 is 0 Å². The number of ether oxygens (including phenoxy) is 4. The highest BCUT2D eigenvalue weighted by atomic mass is 16.5. The van der Waals surface area contributed by atoms with Gasteiger partial charge in [-0.15, -0.1) is 0 Å². The van der Waals surface area contributed by atoms with Crippen molar-refractivity contribution in [3.63, 3.8) is 0 Å². The van der Waals surface area contributed by atoms with Gasteiger partial charge in [-0.2, -0.15) is 0 Å². The molecule has 8 heteroatoms. The van der Waals surface area contributed by atoms with Crippen LogP contribution in [0.4, 0.5) is 4.79 Å². The van der Waals surface area contributed by atoms with Crippen LogP contribution in [0, 0.1) is 17.8 Å². The summed E-state index contributed by atoms with van der Waals surface area (Å²) in [5, 5.41) is 2.82. The summed E-state index contributed by atoms with van der Waals surface area (Å²) in [6.07, 6.45) is 1.09. The van der Waals surface area contributed by atoms with E-state index >= 15 is 0 Å². The number of nitrogens with zero attached hydrogens (tertiary/aromatic N) is 1. The van der Waals surface area contributed by atoms with Gasteiger partial charge in [0.1, 0.15) is 29.7 Å². The zero-order valence-corrected chi connectivity index (χ0v) is 23.5. The molecule has 0 bridgehead atoms. The Morgan fingerprint density at radius 3 is 2.64 bits per heavy atom. The van der Waals surface area contributed by atoms with Crippen molar-refractivity contribution >= 4 is 12.0 Å². The van der Waals surface area contributed by atoms with Crippen molar-refractivity contribution in [2.45, 2.75) is 71.0 Å². The standard InChI is InChI=1S/C31H40N2O6/c1-19(2)27(32-30(35)37-18-20-9-7-6-8-10-20)29(34)33-14-13-25-21(17-33)15-24-28(38-25)23-12-11-22(36-5)16-26(23)39-31(24,3)4/h6-12,16,19,21,24-25,27-28H,13-15,17-18H2,1-5H3,(H,32,35)/t21-,24+,25+,27-,28-/m0/s1. The SMILES string of the molecule is COc1ccc2c(c1)OC(C)(C)[C@@H]1C[C@H]3CN(C(=O)[C@@H](NC(=O)OCc4ccccc4)C(C)C)CC[C@H]3O[C@@H]21. The number of fused-ring (bicyclic) bond motifs is 4. The third kappa shape index (κ3) is 5.71. The van der Waals surface area contributed by atoms with Gasteiger partial charge in [-0.1, -0.05) is 44.2 Å². The van der Waals surface area contributed by atoms with Crippen LogP contribution in [0.25, 0.3) is 0 Å². The Labute approximate surface area is 230 Å². The zero-order chi connectivity index (χ0) is 27.7. The molecule has 2 aromatic carbocycles. The number of rotatable bonds is 6. The molecule has 2 saturated heterocycles. The number of methoxy groups -OCH3 is 1. The predicted molar refractivity (Wildman–Crippen MR) is 146 cm³/mol. The summed E-state index contributed by atoms with van der Waals surface area (Å²) in [6, 6.07) is 14.8. The van der Waals surface area contributed by atoms with Crippen molar-refractivity contribution < 1.29 is 28.5 Å². The Hall–Kier alpha value is -3.26. The van der Waals surface area contributed by atoms with Crippen molar-refractivity contribution in [3.05, 3.63) is 59.7 Å². The molecule has 1 N–H and O–H groups in total. The van der Waals surface area contributed by atoms with Gasteiger partial charge < -0.3 is 29.2 Å².